The summed E-state index contributed by atoms with van der Waals surface area (Å²) in [5.74, 6) is 0.130. The zero-order valence-electron chi connectivity index (χ0n) is 24.3. The van der Waals surface area contributed by atoms with Crippen LogP contribution in [0, 0.1) is 17.8 Å². The molecular weight excluding hydrogens is 560 g/mol. The minimum absolute atomic E-state index is 0.0390. The van der Waals surface area contributed by atoms with Crippen molar-refractivity contribution in [3.8, 4) is 0 Å². The summed E-state index contributed by atoms with van der Waals surface area (Å²) in [5, 5.41) is 9.42. The molecule has 2 aliphatic carbocycles. The van der Waals surface area contributed by atoms with Crippen LogP contribution in [0.3, 0.4) is 0 Å². The summed E-state index contributed by atoms with van der Waals surface area (Å²) in [7, 11) is -1.72. The highest BCUT2D eigenvalue weighted by Crippen LogP contribution is 2.42. The fourth-order valence-electron chi connectivity index (χ4n) is 6.22. The fourth-order valence-corrected chi connectivity index (χ4v) is 6.70. The lowest BCUT2D eigenvalue weighted by Gasteiger charge is -2.44. The van der Waals surface area contributed by atoms with Crippen molar-refractivity contribution >= 4 is 33.2 Å². The second kappa shape index (κ2) is 13.5. The lowest BCUT2D eigenvalue weighted by molar-refractivity contribution is -0.124. The van der Waals surface area contributed by atoms with E-state index in [0.29, 0.717) is 11.8 Å². The number of allylic oxidation sites excluding steroid dienone is 1. The summed E-state index contributed by atoms with van der Waals surface area (Å²) >= 11 is 0. The zero-order chi connectivity index (χ0) is 30.4. The van der Waals surface area contributed by atoms with Gasteiger partial charge in [-0.2, -0.15) is 0 Å². The molecule has 0 radical (unpaired) electrons. The fraction of sp³-hybridized carbons (Fsp3) is 0.552. The number of aromatic nitrogens is 3. The third-order valence-electron chi connectivity index (χ3n) is 8.21. The Balaban J connectivity index is 1.43. The van der Waals surface area contributed by atoms with Crippen LogP contribution >= 0.6 is 0 Å². The number of imidazole rings is 1. The smallest absolute Gasteiger partial charge is 0.274 e. The number of nitrogens with zero attached hydrogens (tertiary/aromatic N) is 3. The van der Waals surface area contributed by atoms with Gasteiger partial charge in [0.05, 0.1) is 12.5 Å². The molecule has 2 aliphatic rings. The van der Waals surface area contributed by atoms with Crippen molar-refractivity contribution in [3.63, 3.8) is 0 Å². The predicted molar refractivity (Wildman–Crippen MR) is 158 cm³/mol. The molecule has 4 rings (SSSR count). The van der Waals surface area contributed by atoms with Gasteiger partial charge in [0.25, 0.3) is 11.5 Å². The molecule has 0 aromatic carbocycles. The molecule has 228 valence electrons. The SMILES string of the molecule is CC1CC2CCCC(C2)C1NC(=O)Cn1cccc(NC(=O)C(CC/C=C/S(C)(=O)=O)NC(=O)c2cncn2C)c1=O. The molecule has 42 heavy (non-hydrogen) atoms. The van der Waals surface area contributed by atoms with E-state index >= 15 is 0 Å². The lowest BCUT2D eigenvalue weighted by Crippen LogP contribution is -2.50. The molecule has 2 aromatic heterocycles. The van der Waals surface area contributed by atoms with Gasteiger partial charge in [-0.3, -0.25) is 19.2 Å². The van der Waals surface area contributed by atoms with Gasteiger partial charge in [0.2, 0.25) is 11.8 Å². The summed E-state index contributed by atoms with van der Waals surface area (Å²) < 4.78 is 25.6. The standard InChI is InChI=1S/C29H40N6O6S/c1-19-14-20-8-6-9-21(15-20)26(19)33-25(36)17-35-12-7-11-23(29(35)39)32-27(37)22(10-4-5-13-42(3,40)41)31-28(38)24-16-30-18-34(24)2/h5,7,11-13,16,18-22,26H,4,6,8-10,14-15,17H2,1-3H3,(H,31,38)(H,32,37)(H,33,36)/b13-5+. The van der Waals surface area contributed by atoms with Crippen molar-refractivity contribution in [2.75, 3.05) is 11.6 Å². The number of fused-ring (bicyclic) bond motifs is 2. The van der Waals surface area contributed by atoms with E-state index in [9.17, 15) is 27.6 Å². The average molecular weight is 601 g/mol. The highest BCUT2D eigenvalue weighted by molar-refractivity contribution is 7.93. The highest BCUT2D eigenvalue weighted by atomic mass is 32.2. The van der Waals surface area contributed by atoms with Crippen molar-refractivity contribution in [2.45, 2.75) is 70.5 Å². The largest absolute Gasteiger partial charge is 0.351 e. The Labute approximate surface area is 245 Å². The Hall–Kier alpha value is -3.74. The first-order valence-corrected chi connectivity index (χ1v) is 16.3. The predicted octanol–water partition coefficient (Wildman–Crippen LogP) is 1.99. The zero-order valence-corrected chi connectivity index (χ0v) is 25.1. The lowest BCUT2D eigenvalue weighted by atomic mass is 9.65. The van der Waals surface area contributed by atoms with Crippen molar-refractivity contribution in [1.29, 1.82) is 0 Å². The molecule has 2 bridgehead atoms. The summed E-state index contributed by atoms with van der Waals surface area (Å²) in [6, 6.07) is 2.01. The van der Waals surface area contributed by atoms with Crippen molar-refractivity contribution in [2.24, 2.45) is 24.8 Å². The first-order chi connectivity index (χ1) is 19.9. The monoisotopic (exact) mass is 600 g/mol. The quantitative estimate of drug-likeness (QED) is 0.355. The maximum absolute atomic E-state index is 13.3. The van der Waals surface area contributed by atoms with Crippen LogP contribution in [0.2, 0.25) is 0 Å². The molecule has 0 spiro atoms. The van der Waals surface area contributed by atoms with E-state index in [1.165, 1.54) is 52.8 Å². The Kier molecular flexibility index (Phi) is 10.0. The number of pyridine rings is 1. The second-order valence-corrected chi connectivity index (χ2v) is 13.6. The Bertz CT molecular complexity index is 1490. The number of amides is 3. The number of anilines is 1. The van der Waals surface area contributed by atoms with Gasteiger partial charge < -0.3 is 25.1 Å². The van der Waals surface area contributed by atoms with Gasteiger partial charge in [-0.15, -0.1) is 0 Å². The molecule has 2 heterocycles. The minimum Gasteiger partial charge on any atom is -0.351 e. The topological polar surface area (TPSA) is 161 Å². The van der Waals surface area contributed by atoms with E-state index in [2.05, 4.69) is 27.9 Å². The van der Waals surface area contributed by atoms with Crippen LogP contribution < -0.4 is 21.5 Å². The Morgan fingerprint density at radius 2 is 2.00 bits per heavy atom. The van der Waals surface area contributed by atoms with Gasteiger partial charge in [-0.1, -0.05) is 25.8 Å². The summed E-state index contributed by atoms with van der Waals surface area (Å²) in [6.07, 6.45) is 12.8. The van der Waals surface area contributed by atoms with Crippen LogP contribution in [0.1, 0.15) is 62.4 Å². The molecule has 12 nitrogen and oxygen atoms in total. The van der Waals surface area contributed by atoms with Crippen LogP contribution in [0.15, 0.2) is 47.1 Å². The van der Waals surface area contributed by atoms with E-state index < -0.39 is 33.3 Å². The van der Waals surface area contributed by atoms with E-state index in [-0.39, 0.29) is 42.7 Å². The summed E-state index contributed by atoms with van der Waals surface area (Å²) in [6.45, 7) is 2.00. The number of hydrogen-bond acceptors (Lipinski definition) is 7. The van der Waals surface area contributed by atoms with Gasteiger partial charge in [-0.25, -0.2) is 13.4 Å². The van der Waals surface area contributed by atoms with E-state index in [1.807, 2.05) is 0 Å². The maximum atomic E-state index is 13.3. The first kappa shape index (κ1) is 31.2. The Morgan fingerprint density at radius 3 is 2.71 bits per heavy atom. The van der Waals surface area contributed by atoms with E-state index in [1.54, 1.807) is 13.1 Å². The van der Waals surface area contributed by atoms with Crippen LogP contribution in [0.25, 0.3) is 0 Å². The molecule has 5 unspecified atom stereocenters. The molecule has 0 saturated heterocycles. The third kappa shape index (κ3) is 8.17. The van der Waals surface area contributed by atoms with E-state index in [0.717, 1.165) is 36.8 Å². The summed E-state index contributed by atoms with van der Waals surface area (Å²) in [5.41, 5.74) is -0.365. The number of sulfone groups is 1. The van der Waals surface area contributed by atoms with Crippen molar-refractivity contribution in [1.82, 2.24) is 24.8 Å². The normalized spacial score (nSPS) is 22.8. The van der Waals surface area contributed by atoms with Crippen LogP contribution in [-0.2, 0) is 33.0 Å². The maximum Gasteiger partial charge on any atom is 0.274 e. The van der Waals surface area contributed by atoms with Gasteiger partial charge in [0, 0.05) is 31.0 Å². The number of rotatable bonds is 11. The number of aryl methyl sites for hydroxylation is 1. The van der Waals surface area contributed by atoms with Gasteiger partial charge in [0.1, 0.15) is 24.0 Å². The number of carbonyl (C=O) groups excluding carboxylic acids is 3. The number of nitrogens with one attached hydrogen (secondary N) is 3. The molecule has 13 heteroatoms. The Morgan fingerprint density at radius 1 is 1.21 bits per heavy atom. The highest BCUT2D eigenvalue weighted by Gasteiger charge is 2.38. The molecule has 2 saturated carbocycles. The first-order valence-electron chi connectivity index (χ1n) is 14.3. The second-order valence-electron chi connectivity index (χ2n) is 11.6. The van der Waals surface area contributed by atoms with Crippen molar-refractivity contribution < 1.29 is 22.8 Å². The minimum atomic E-state index is -3.35. The van der Waals surface area contributed by atoms with Gasteiger partial charge in [0.15, 0.2) is 9.84 Å². The van der Waals surface area contributed by atoms with E-state index in [4.69, 9.17) is 0 Å². The van der Waals surface area contributed by atoms with Crippen LogP contribution in [0.4, 0.5) is 5.69 Å². The van der Waals surface area contributed by atoms with Crippen molar-refractivity contribution in [3.05, 3.63) is 58.4 Å². The molecule has 5 atom stereocenters. The molecule has 2 fully saturated rings. The van der Waals surface area contributed by atoms with Crippen LogP contribution in [-0.4, -0.2) is 58.6 Å². The third-order valence-corrected chi connectivity index (χ3v) is 8.89. The van der Waals surface area contributed by atoms with Gasteiger partial charge >= 0.3 is 0 Å². The number of hydrogen-bond donors (Lipinski definition) is 3. The molecular formula is C29H40N6O6S. The molecule has 3 amide bonds. The van der Waals surface area contributed by atoms with Gasteiger partial charge in [-0.05, 0) is 62.0 Å². The molecule has 3 N–H and O–H groups in total. The molecule has 0 aliphatic heterocycles. The molecule has 2 aromatic rings. The number of carbonyl (C=O) groups is 3. The van der Waals surface area contributed by atoms with Crippen LogP contribution in [0.5, 0.6) is 0 Å². The summed E-state index contributed by atoms with van der Waals surface area (Å²) in [4.78, 5) is 56.2. The average Bonchev–Trinajstić information content (AvgIpc) is 3.36.